The number of nitrogens with zero attached hydrogens (tertiary/aromatic N) is 1. The van der Waals surface area contributed by atoms with Crippen molar-refractivity contribution in [2.75, 3.05) is 11.5 Å². The van der Waals surface area contributed by atoms with Gasteiger partial charge in [-0.2, -0.15) is 12.6 Å². The molecule has 0 amide bonds. The number of thiol groups is 1. The van der Waals surface area contributed by atoms with E-state index in [2.05, 4.69) is 12.6 Å². The van der Waals surface area contributed by atoms with Crippen molar-refractivity contribution in [3.05, 3.63) is 34.4 Å². The first-order chi connectivity index (χ1) is 9.67. The lowest BCUT2D eigenvalue weighted by molar-refractivity contribution is -0.387. The first-order valence-corrected chi connectivity index (χ1v) is 8.76. The van der Waals surface area contributed by atoms with Gasteiger partial charge in [-0.25, -0.2) is 0 Å². The summed E-state index contributed by atoms with van der Waals surface area (Å²) in [7, 11) is 0. The van der Waals surface area contributed by atoms with Gasteiger partial charge in [-0.1, -0.05) is 37.8 Å². The predicted molar refractivity (Wildman–Crippen MR) is 87.8 cm³/mol. The quantitative estimate of drug-likeness (QED) is 0.275. The largest absolute Gasteiger partial charge is 0.282 e. The molecule has 0 radical (unpaired) electrons. The molecule has 1 aliphatic rings. The Bertz CT molecular complexity index is 457. The molecular formula is C15H21NO2S2. The second-order valence-corrected chi connectivity index (χ2v) is 6.92. The average Bonchev–Trinajstić information content (AvgIpc) is 2.71. The van der Waals surface area contributed by atoms with E-state index in [1.807, 2.05) is 12.1 Å². The topological polar surface area (TPSA) is 43.1 Å². The highest BCUT2D eigenvalue weighted by Gasteiger charge is 2.30. The molecule has 0 saturated heterocycles. The summed E-state index contributed by atoms with van der Waals surface area (Å²) >= 11 is 6.19. The molecule has 5 heteroatoms. The first-order valence-electron chi connectivity index (χ1n) is 7.14. The number of benzene rings is 1. The van der Waals surface area contributed by atoms with E-state index in [1.165, 1.54) is 38.5 Å². The maximum Gasteiger partial charge on any atom is 0.282 e. The SMILES string of the molecule is O=[N+]([O-])c1ccccc1SCC1(CS)CCCCCC1. The highest BCUT2D eigenvalue weighted by atomic mass is 32.2. The third-order valence-electron chi connectivity index (χ3n) is 4.10. The van der Waals surface area contributed by atoms with Gasteiger partial charge >= 0.3 is 0 Å². The van der Waals surface area contributed by atoms with Crippen LogP contribution in [0.3, 0.4) is 0 Å². The lowest BCUT2D eigenvalue weighted by atomic mass is 9.84. The number of nitro groups is 1. The van der Waals surface area contributed by atoms with Crippen molar-refractivity contribution in [3.63, 3.8) is 0 Å². The molecule has 1 fully saturated rings. The minimum Gasteiger partial charge on any atom is -0.258 e. The Balaban J connectivity index is 2.08. The van der Waals surface area contributed by atoms with Crippen LogP contribution in [0.2, 0.25) is 0 Å². The zero-order chi connectivity index (χ0) is 14.4. The zero-order valence-corrected chi connectivity index (χ0v) is 13.3. The summed E-state index contributed by atoms with van der Waals surface area (Å²) in [5.74, 6) is 1.81. The Morgan fingerprint density at radius 1 is 1.20 bits per heavy atom. The molecule has 0 aliphatic heterocycles. The summed E-state index contributed by atoms with van der Waals surface area (Å²) in [6.07, 6.45) is 7.54. The van der Waals surface area contributed by atoms with E-state index in [-0.39, 0.29) is 16.0 Å². The third kappa shape index (κ3) is 3.92. The van der Waals surface area contributed by atoms with Gasteiger partial charge in [0.15, 0.2) is 0 Å². The molecule has 1 saturated carbocycles. The van der Waals surface area contributed by atoms with E-state index in [4.69, 9.17) is 0 Å². The van der Waals surface area contributed by atoms with E-state index in [0.29, 0.717) is 0 Å². The van der Waals surface area contributed by atoms with Crippen molar-refractivity contribution >= 4 is 30.1 Å². The minimum absolute atomic E-state index is 0.223. The van der Waals surface area contributed by atoms with E-state index < -0.39 is 0 Å². The normalized spacial score (nSPS) is 18.4. The number of hydrogen-bond donors (Lipinski definition) is 1. The van der Waals surface area contributed by atoms with Crippen molar-refractivity contribution in [3.8, 4) is 0 Å². The molecule has 20 heavy (non-hydrogen) atoms. The summed E-state index contributed by atoms with van der Waals surface area (Å²) in [5.41, 5.74) is 0.467. The molecule has 110 valence electrons. The van der Waals surface area contributed by atoms with Gasteiger partial charge in [0.25, 0.3) is 5.69 Å². The smallest absolute Gasteiger partial charge is 0.258 e. The van der Waals surface area contributed by atoms with Gasteiger partial charge in [-0.15, -0.1) is 11.8 Å². The van der Waals surface area contributed by atoms with Crippen molar-refractivity contribution < 1.29 is 4.92 Å². The summed E-state index contributed by atoms with van der Waals surface area (Å²) in [6, 6.07) is 7.03. The number of hydrogen-bond acceptors (Lipinski definition) is 4. The van der Waals surface area contributed by atoms with Crippen LogP contribution in [0.15, 0.2) is 29.2 Å². The molecule has 0 N–H and O–H groups in total. The molecule has 0 spiro atoms. The molecule has 0 heterocycles. The first kappa shape index (κ1) is 15.7. The third-order valence-corrected chi connectivity index (χ3v) is 6.18. The summed E-state index contributed by atoms with van der Waals surface area (Å²) in [4.78, 5) is 11.5. The van der Waals surface area contributed by atoms with Crippen LogP contribution < -0.4 is 0 Å². The lowest BCUT2D eigenvalue weighted by Crippen LogP contribution is -2.25. The number of rotatable bonds is 5. The highest BCUT2D eigenvalue weighted by molar-refractivity contribution is 7.99. The van der Waals surface area contributed by atoms with Crippen LogP contribution in [0.25, 0.3) is 0 Å². The zero-order valence-electron chi connectivity index (χ0n) is 11.6. The fourth-order valence-electron chi connectivity index (χ4n) is 2.79. The van der Waals surface area contributed by atoms with Crippen LogP contribution in [0.4, 0.5) is 5.69 Å². The number of thioether (sulfide) groups is 1. The van der Waals surface area contributed by atoms with Crippen LogP contribution in [-0.2, 0) is 0 Å². The number of para-hydroxylation sites is 1. The molecular weight excluding hydrogens is 290 g/mol. The fraction of sp³-hybridized carbons (Fsp3) is 0.600. The fourth-order valence-corrected chi connectivity index (χ4v) is 4.68. The molecule has 2 rings (SSSR count). The van der Waals surface area contributed by atoms with Gasteiger partial charge in [0.2, 0.25) is 0 Å². The van der Waals surface area contributed by atoms with Crippen LogP contribution in [0.1, 0.15) is 38.5 Å². The van der Waals surface area contributed by atoms with Crippen molar-refractivity contribution in [2.24, 2.45) is 5.41 Å². The molecule has 0 bridgehead atoms. The summed E-state index contributed by atoms with van der Waals surface area (Å²) in [6.45, 7) is 0. The maximum atomic E-state index is 11.1. The Hall–Kier alpha value is -0.680. The van der Waals surface area contributed by atoms with Crippen LogP contribution in [0, 0.1) is 15.5 Å². The molecule has 3 nitrogen and oxygen atoms in total. The van der Waals surface area contributed by atoms with Crippen LogP contribution in [0.5, 0.6) is 0 Å². The summed E-state index contributed by atoms with van der Waals surface area (Å²) in [5, 5.41) is 11.1. The molecule has 1 aromatic carbocycles. The standard InChI is InChI=1S/C15H21NO2S2/c17-16(18)13-7-3-4-8-14(13)20-12-15(11-19)9-5-1-2-6-10-15/h3-4,7-8,19H,1-2,5-6,9-12H2. The van der Waals surface area contributed by atoms with Crippen LogP contribution >= 0.6 is 24.4 Å². The van der Waals surface area contributed by atoms with Gasteiger partial charge in [0, 0.05) is 11.8 Å². The molecule has 0 unspecified atom stereocenters. The van der Waals surface area contributed by atoms with E-state index in [0.717, 1.165) is 16.4 Å². The summed E-state index contributed by atoms with van der Waals surface area (Å²) < 4.78 is 0. The minimum atomic E-state index is -0.289. The van der Waals surface area contributed by atoms with E-state index in [1.54, 1.807) is 23.9 Å². The predicted octanol–water partition coefficient (Wildman–Crippen LogP) is 4.96. The van der Waals surface area contributed by atoms with Gasteiger partial charge in [0.1, 0.15) is 0 Å². The average molecular weight is 311 g/mol. The van der Waals surface area contributed by atoms with Gasteiger partial charge in [0.05, 0.1) is 9.82 Å². The molecule has 1 aliphatic carbocycles. The van der Waals surface area contributed by atoms with E-state index >= 15 is 0 Å². The molecule has 0 aromatic heterocycles. The van der Waals surface area contributed by atoms with Crippen molar-refractivity contribution in [1.29, 1.82) is 0 Å². The van der Waals surface area contributed by atoms with Crippen LogP contribution in [-0.4, -0.2) is 16.4 Å². The highest BCUT2D eigenvalue weighted by Crippen LogP contribution is 2.42. The van der Waals surface area contributed by atoms with Gasteiger partial charge in [-0.3, -0.25) is 10.1 Å². The Morgan fingerprint density at radius 2 is 1.85 bits per heavy atom. The van der Waals surface area contributed by atoms with Gasteiger partial charge < -0.3 is 0 Å². The maximum absolute atomic E-state index is 11.1. The second-order valence-electron chi connectivity index (χ2n) is 5.59. The Morgan fingerprint density at radius 3 is 2.45 bits per heavy atom. The molecule has 1 aromatic rings. The Labute approximate surface area is 130 Å². The molecule has 0 atom stereocenters. The Kier molecular flexibility index (Phi) is 5.78. The lowest BCUT2D eigenvalue weighted by Gasteiger charge is -2.30. The van der Waals surface area contributed by atoms with Crippen molar-refractivity contribution in [1.82, 2.24) is 0 Å². The van der Waals surface area contributed by atoms with Crippen molar-refractivity contribution in [2.45, 2.75) is 43.4 Å². The monoisotopic (exact) mass is 311 g/mol. The number of nitro benzene ring substituents is 1. The van der Waals surface area contributed by atoms with Gasteiger partial charge in [-0.05, 0) is 30.1 Å². The van der Waals surface area contributed by atoms with E-state index in [9.17, 15) is 10.1 Å². The second kappa shape index (κ2) is 7.36.